The van der Waals surface area contributed by atoms with E-state index in [1.165, 1.54) is 16.7 Å². The summed E-state index contributed by atoms with van der Waals surface area (Å²) in [6.07, 6.45) is 0. The van der Waals surface area contributed by atoms with E-state index in [4.69, 9.17) is 22.1 Å². The number of nitrogens with zero attached hydrogens (tertiary/aromatic N) is 1. The highest BCUT2D eigenvalue weighted by atomic mass is 35.5. The summed E-state index contributed by atoms with van der Waals surface area (Å²) in [5.41, 5.74) is 9.78. The Morgan fingerprint density at radius 3 is 2.67 bits per heavy atom. The van der Waals surface area contributed by atoms with Crippen LogP contribution >= 0.6 is 11.6 Å². The van der Waals surface area contributed by atoms with Gasteiger partial charge in [-0.25, -0.2) is 0 Å². The maximum Gasteiger partial charge on any atom is 0.123 e. The fraction of sp³-hybridized carbons (Fsp3) is 0.294. The fourth-order valence-corrected chi connectivity index (χ4v) is 3.16. The van der Waals surface area contributed by atoms with E-state index in [2.05, 4.69) is 23.1 Å². The van der Waals surface area contributed by atoms with E-state index >= 15 is 0 Å². The maximum absolute atomic E-state index is 6.00. The van der Waals surface area contributed by atoms with Crippen molar-refractivity contribution >= 4 is 11.6 Å². The molecule has 21 heavy (non-hydrogen) atoms. The van der Waals surface area contributed by atoms with Crippen LogP contribution in [0.2, 0.25) is 5.02 Å². The lowest BCUT2D eigenvalue weighted by atomic mass is 10.0. The minimum Gasteiger partial charge on any atom is -0.496 e. The summed E-state index contributed by atoms with van der Waals surface area (Å²) in [6.45, 7) is 2.33. The van der Waals surface area contributed by atoms with Crippen LogP contribution in [0.3, 0.4) is 0 Å². The predicted octanol–water partition coefficient (Wildman–Crippen LogP) is 3.36. The van der Waals surface area contributed by atoms with E-state index in [1.54, 1.807) is 7.11 Å². The Kier molecular flexibility index (Phi) is 4.15. The zero-order valence-corrected chi connectivity index (χ0v) is 12.8. The van der Waals surface area contributed by atoms with Crippen molar-refractivity contribution in [2.45, 2.75) is 19.1 Å². The van der Waals surface area contributed by atoms with Gasteiger partial charge in [-0.05, 0) is 29.3 Å². The monoisotopic (exact) mass is 302 g/mol. The van der Waals surface area contributed by atoms with Crippen molar-refractivity contribution in [3.8, 4) is 5.75 Å². The van der Waals surface area contributed by atoms with Crippen LogP contribution in [-0.2, 0) is 13.1 Å². The van der Waals surface area contributed by atoms with Gasteiger partial charge in [0, 0.05) is 36.3 Å². The highest BCUT2D eigenvalue weighted by molar-refractivity contribution is 6.30. The van der Waals surface area contributed by atoms with E-state index < -0.39 is 0 Å². The van der Waals surface area contributed by atoms with Crippen LogP contribution in [0.4, 0.5) is 0 Å². The van der Waals surface area contributed by atoms with Crippen LogP contribution in [-0.4, -0.2) is 18.6 Å². The molecule has 0 saturated carbocycles. The number of methoxy groups -OCH3 is 1. The Bertz CT molecular complexity index is 627. The molecule has 4 heteroatoms. The molecule has 0 spiro atoms. The largest absolute Gasteiger partial charge is 0.496 e. The molecule has 1 aliphatic heterocycles. The number of hydrogen-bond acceptors (Lipinski definition) is 3. The number of hydrogen-bond donors (Lipinski definition) is 1. The highest BCUT2D eigenvalue weighted by Crippen LogP contribution is 2.38. The van der Waals surface area contributed by atoms with Gasteiger partial charge in [-0.15, -0.1) is 0 Å². The van der Waals surface area contributed by atoms with Crippen molar-refractivity contribution in [1.82, 2.24) is 4.90 Å². The summed E-state index contributed by atoms with van der Waals surface area (Å²) >= 11 is 5.95. The standard InChI is InChI=1S/C17H19ClN2O/c1-21-17-4-2-3-14-15(17)11-20(16(14)9-19)10-12-5-7-13(18)8-6-12/h2-8,16H,9-11,19H2,1H3. The third-order valence-corrected chi connectivity index (χ3v) is 4.32. The number of ether oxygens (including phenoxy) is 1. The number of nitrogens with two attached hydrogens (primary N) is 1. The van der Waals surface area contributed by atoms with E-state index in [0.717, 1.165) is 23.9 Å². The van der Waals surface area contributed by atoms with E-state index in [-0.39, 0.29) is 6.04 Å². The van der Waals surface area contributed by atoms with Crippen molar-refractivity contribution in [3.63, 3.8) is 0 Å². The summed E-state index contributed by atoms with van der Waals surface area (Å²) in [5.74, 6) is 0.949. The molecule has 1 aliphatic rings. The SMILES string of the molecule is COc1cccc2c1CN(Cc1ccc(Cl)cc1)C2CN. The molecule has 2 aromatic rings. The number of fused-ring (bicyclic) bond motifs is 1. The third kappa shape index (κ3) is 2.77. The molecule has 110 valence electrons. The van der Waals surface area contributed by atoms with Crippen molar-refractivity contribution in [1.29, 1.82) is 0 Å². The molecule has 3 nitrogen and oxygen atoms in total. The second-order valence-corrected chi connectivity index (χ2v) is 5.75. The van der Waals surface area contributed by atoms with Gasteiger partial charge in [-0.2, -0.15) is 0 Å². The lowest BCUT2D eigenvalue weighted by Crippen LogP contribution is -2.27. The minimum absolute atomic E-state index is 0.241. The second-order valence-electron chi connectivity index (χ2n) is 5.31. The fourth-order valence-electron chi connectivity index (χ4n) is 3.03. The molecule has 0 radical (unpaired) electrons. The predicted molar refractivity (Wildman–Crippen MR) is 85.5 cm³/mol. The summed E-state index contributed by atoms with van der Waals surface area (Å²) in [5, 5.41) is 0.764. The summed E-state index contributed by atoms with van der Waals surface area (Å²) in [4.78, 5) is 2.39. The van der Waals surface area contributed by atoms with E-state index in [1.807, 2.05) is 24.3 Å². The van der Waals surface area contributed by atoms with Crippen molar-refractivity contribution in [2.24, 2.45) is 5.73 Å². The van der Waals surface area contributed by atoms with Gasteiger partial charge in [0.1, 0.15) is 5.75 Å². The lowest BCUT2D eigenvalue weighted by molar-refractivity contribution is 0.210. The van der Waals surface area contributed by atoms with Gasteiger partial charge in [-0.3, -0.25) is 4.90 Å². The maximum atomic E-state index is 6.00. The first-order valence-corrected chi connectivity index (χ1v) is 7.45. The molecule has 2 aromatic carbocycles. The van der Waals surface area contributed by atoms with Crippen LogP contribution < -0.4 is 10.5 Å². The Morgan fingerprint density at radius 1 is 1.24 bits per heavy atom. The molecular formula is C17H19ClN2O. The molecule has 1 atom stereocenters. The van der Waals surface area contributed by atoms with Crippen LogP contribution in [0.15, 0.2) is 42.5 Å². The van der Waals surface area contributed by atoms with Crippen LogP contribution in [0.1, 0.15) is 22.7 Å². The summed E-state index contributed by atoms with van der Waals surface area (Å²) < 4.78 is 5.48. The van der Waals surface area contributed by atoms with Crippen molar-refractivity contribution in [3.05, 3.63) is 64.2 Å². The average molecular weight is 303 g/mol. The molecule has 0 aromatic heterocycles. The van der Waals surface area contributed by atoms with Gasteiger partial charge in [0.05, 0.1) is 7.11 Å². The molecular weight excluding hydrogens is 284 g/mol. The Hall–Kier alpha value is -1.55. The van der Waals surface area contributed by atoms with Crippen molar-refractivity contribution in [2.75, 3.05) is 13.7 Å². The normalized spacial score (nSPS) is 17.8. The zero-order chi connectivity index (χ0) is 14.8. The molecule has 0 saturated heterocycles. The smallest absolute Gasteiger partial charge is 0.123 e. The van der Waals surface area contributed by atoms with Crippen LogP contribution in [0.25, 0.3) is 0 Å². The molecule has 1 unspecified atom stereocenters. The lowest BCUT2D eigenvalue weighted by Gasteiger charge is -2.23. The van der Waals surface area contributed by atoms with Crippen LogP contribution in [0, 0.1) is 0 Å². The molecule has 1 heterocycles. The molecule has 0 amide bonds. The molecule has 0 bridgehead atoms. The molecule has 2 N–H and O–H groups in total. The quantitative estimate of drug-likeness (QED) is 0.941. The second kappa shape index (κ2) is 6.06. The van der Waals surface area contributed by atoms with Crippen molar-refractivity contribution < 1.29 is 4.74 Å². The van der Waals surface area contributed by atoms with Gasteiger partial charge in [0.15, 0.2) is 0 Å². The molecule has 0 aliphatic carbocycles. The van der Waals surface area contributed by atoms with E-state index in [9.17, 15) is 0 Å². The van der Waals surface area contributed by atoms with Gasteiger partial charge in [-0.1, -0.05) is 35.9 Å². The van der Waals surface area contributed by atoms with Crippen LogP contribution in [0.5, 0.6) is 5.75 Å². The van der Waals surface area contributed by atoms with Gasteiger partial charge in [0.25, 0.3) is 0 Å². The minimum atomic E-state index is 0.241. The number of halogens is 1. The number of benzene rings is 2. The summed E-state index contributed by atoms with van der Waals surface area (Å²) in [7, 11) is 1.72. The third-order valence-electron chi connectivity index (χ3n) is 4.07. The first-order chi connectivity index (χ1) is 10.2. The molecule has 0 fully saturated rings. The van der Waals surface area contributed by atoms with Gasteiger partial charge < -0.3 is 10.5 Å². The zero-order valence-electron chi connectivity index (χ0n) is 12.1. The Morgan fingerprint density at radius 2 is 2.00 bits per heavy atom. The van der Waals surface area contributed by atoms with E-state index in [0.29, 0.717) is 6.54 Å². The first-order valence-electron chi connectivity index (χ1n) is 7.07. The average Bonchev–Trinajstić information content (AvgIpc) is 2.86. The topological polar surface area (TPSA) is 38.5 Å². The van der Waals surface area contributed by atoms with Gasteiger partial charge in [0.2, 0.25) is 0 Å². The summed E-state index contributed by atoms with van der Waals surface area (Å²) in [6, 6.07) is 14.4. The Labute approximate surface area is 130 Å². The molecule has 3 rings (SSSR count). The Balaban J connectivity index is 1.86. The van der Waals surface area contributed by atoms with Gasteiger partial charge >= 0.3 is 0 Å². The first kappa shape index (κ1) is 14.4. The highest BCUT2D eigenvalue weighted by Gasteiger charge is 2.31. The number of rotatable bonds is 4.